The van der Waals surface area contributed by atoms with Crippen LogP contribution in [0.4, 0.5) is 9.59 Å². The molecule has 3 rings (SSSR count). The van der Waals surface area contributed by atoms with Crippen LogP contribution in [0.25, 0.3) is 21.5 Å². The first-order valence-electron chi connectivity index (χ1n) is 10.2. The van der Waals surface area contributed by atoms with E-state index in [0.717, 1.165) is 0 Å². The highest BCUT2D eigenvalue weighted by molar-refractivity contribution is 6.46. The minimum atomic E-state index is -0.869. The minimum absolute atomic E-state index is 0.140. The Balaban J connectivity index is 2.18. The number of carbonyl (C=O) groups excluding carboxylic acids is 2. The Morgan fingerprint density at radius 3 is 1.78 bits per heavy atom. The van der Waals surface area contributed by atoms with Crippen LogP contribution in [0.15, 0.2) is 36.4 Å². The van der Waals surface area contributed by atoms with Crippen LogP contribution in [-0.2, 0) is 9.47 Å². The van der Waals surface area contributed by atoms with Crippen LogP contribution < -0.4 is 9.47 Å². The summed E-state index contributed by atoms with van der Waals surface area (Å²) in [6.07, 6.45) is -1.72. The van der Waals surface area contributed by atoms with E-state index in [1.165, 1.54) is 0 Å². The van der Waals surface area contributed by atoms with Gasteiger partial charge in [0.25, 0.3) is 0 Å². The van der Waals surface area contributed by atoms with Crippen molar-refractivity contribution in [3.05, 3.63) is 46.4 Å². The SMILES string of the molecule is CC(C)COC(=O)Oc1c2ccccc2c(OC(=O)OCC(C)C)c2c(Cl)c(Cl)ccc12. The van der Waals surface area contributed by atoms with Crippen molar-refractivity contribution in [3.8, 4) is 11.5 Å². The van der Waals surface area contributed by atoms with E-state index in [0.29, 0.717) is 21.5 Å². The standard InChI is InChI=1S/C24H24Cl2O6/c1-13(2)11-29-23(27)31-21-15-7-5-6-8-16(15)22(32-24(28)30-12-14(3)4)19-17(21)9-10-18(25)20(19)26/h5-10,13-14H,11-12H2,1-4H3. The zero-order valence-electron chi connectivity index (χ0n) is 18.2. The normalized spacial score (nSPS) is 11.2. The molecule has 0 saturated heterocycles. The maximum absolute atomic E-state index is 12.4. The molecule has 32 heavy (non-hydrogen) atoms. The fourth-order valence-electron chi connectivity index (χ4n) is 3.03. The van der Waals surface area contributed by atoms with Crippen molar-refractivity contribution >= 4 is 57.1 Å². The van der Waals surface area contributed by atoms with Crippen LogP contribution >= 0.6 is 23.2 Å². The molecule has 0 aliphatic rings. The zero-order chi connectivity index (χ0) is 23.4. The first-order chi connectivity index (χ1) is 15.2. The molecular weight excluding hydrogens is 455 g/mol. The lowest BCUT2D eigenvalue weighted by Gasteiger charge is -2.18. The summed E-state index contributed by atoms with van der Waals surface area (Å²) in [4.78, 5) is 24.7. The summed E-state index contributed by atoms with van der Waals surface area (Å²) < 4.78 is 21.5. The summed E-state index contributed by atoms with van der Waals surface area (Å²) in [6.45, 7) is 8.09. The molecule has 0 fully saturated rings. The Kier molecular flexibility index (Phi) is 7.69. The number of benzene rings is 3. The molecule has 0 bridgehead atoms. The molecule has 0 unspecified atom stereocenters. The third-order valence-electron chi connectivity index (χ3n) is 4.42. The predicted octanol–water partition coefficient (Wildman–Crippen LogP) is 7.64. The second-order valence-corrected chi connectivity index (χ2v) is 8.89. The summed E-state index contributed by atoms with van der Waals surface area (Å²) in [7, 11) is 0. The summed E-state index contributed by atoms with van der Waals surface area (Å²) in [5.41, 5.74) is 0. The van der Waals surface area contributed by atoms with E-state index >= 15 is 0 Å². The van der Waals surface area contributed by atoms with E-state index in [-0.39, 0.29) is 46.6 Å². The fraction of sp³-hybridized carbons (Fsp3) is 0.333. The van der Waals surface area contributed by atoms with Gasteiger partial charge in [0.1, 0.15) is 0 Å². The Bertz CT molecular complexity index is 1160. The second-order valence-electron chi connectivity index (χ2n) is 8.10. The molecule has 0 atom stereocenters. The molecule has 6 nitrogen and oxygen atoms in total. The van der Waals surface area contributed by atoms with Crippen LogP contribution in [0.3, 0.4) is 0 Å². The summed E-state index contributed by atoms with van der Waals surface area (Å²) in [5.74, 6) is 0.684. The van der Waals surface area contributed by atoms with Gasteiger partial charge in [-0.05, 0) is 24.0 Å². The number of hydrogen-bond donors (Lipinski definition) is 0. The highest BCUT2D eigenvalue weighted by Crippen LogP contribution is 2.47. The molecule has 0 heterocycles. The molecule has 170 valence electrons. The molecule has 0 spiro atoms. The predicted molar refractivity (Wildman–Crippen MR) is 125 cm³/mol. The maximum Gasteiger partial charge on any atom is 0.513 e. The van der Waals surface area contributed by atoms with Crippen molar-refractivity contribution in [1.82, 2.24) is 0 Å². The van der Waals surface area contributed by atoms with Gasteiger partial charge in [0.15, 0.2) is 11.5 Å². The lowest BCUT2D eigenvalue weighted by Crippen LogP contribution is -2.16. The van der Waals surface area contributed by atoms with Gasteiger partial charge >= 0.3 is 12.3 Å². The Hall–Kier alpha value is -2.70. The molecule has 8 heteroatoms. The number of ether oxygens (including phenoxy) is 4. The van der Waals surface area contributed by atoms with Crippen molar-refractivity contribution in [1.29, 1.82) is 0 Å². The van der Waals surface area contributed by atoms with E-state index < -0.39 is 12.3 Å². The third kappa shape index (κ3) is 5.37. The van der Waals surface area contributed by atoms with Gasteiger partial charge < -0.3 is 18.9 Å². The Labute approximate surface area is 196 Å². The average Bonchev–Trinajstić information content (AvgIpc) is 2.75. The highest BCUT2D eigenvalue weighted by atomic mass is 35.5. The number of rotatable bonds is 6. The molecule has 0 N–H and O–H groups in total. The van der Waals surface area contributed by atoms with Gasteiger partial charge in [0.2, 0.25) is 0 Å². The molecule has 0 aliphatic carbocycles. The Morgan fingerprint density at radius 1 is 0.750 bits per heavy atom. The molecule has 0 saturated carbocycles. The third-order valence-corrected chi connectivity index (χ3v) is 5.23. The van der Waals surface area contributed by atoms with Gasteiger partial charge in [-0.15, -0.1) is 0 Å². The summed E-state index contributed by atoms with van der Waals surface area (Å²) in [5, 5.41) is 2.20. The van der Waals surface area contributed by atoms with E-state index in [1.54, 1.807) is 36.4 Å². The van der Waals surface area contributed by atoms with Crippen molar-refractivity contribution < 1.29 is 28.5 Å². The van der Waals surface area contributed by atoms with Gasteiger partial charge in [0.05, 0.1) is 23.3 Å². The smallest absolute Gasteiger partial charge is 0.434 e. The van der Waals surface area contributed by atoms with Crippen LogP contribution in [0.5, 0.6) is 11.5 Å². The number of halogens is 2. The van der Waals surface area contributed by atoms with Crippen molar-refractivity contribution in [2.75, 3.05) is 13.2 Å². The maximum atomic E-state index is 12.4. The first-order valence-corrected chi connectivity index (χ1v) is 11.0. The topological polar surface area (TPSA) is 71.1 Å². The van der Waals surface area contributed by atoms with E-state index in [9.17, 15) is 9.59 Å². The van der Waals surface area contributed by atoms with Crippen molar-refractivity contribution in [2.24, 2.45) is 11.8 Å². The molecule has 3 aromatic rings. The van der Waals surface area contributed by atoms with Gasteiger partial charge in [-0.1, -0.05) is 75.2 Å². The lowest BCUT2D eigenvalue weighted by atomic mass is 10.0. The second kappa shape index (κ2) is 10.3. The lowest BCUT2D eigenvalue weighted by molar-refractivity contribution is 0.0879. The number of carbonyl (C=O) groups is 2. The van der Waals surface area contributed by atoms with E-state index in [2.05, 4.69) is 0 Å². The summed E-state index contributed by atoms with van der Waals surface area (Å²) in [6, 6.07) is 10.2. The van der Waals surface area contributed by atoms with E-state index in [4.69, 9.17) is 42.1 Å². The number of hydrogen-bond acceptors (Lipinski definition) is 6. The van der Waals surface area contributed by atoms with Crippen LogP contribution in [-0.4, -0.2) is 25.5 Å². The molecule has 0 amide bonds. The summed E-state index contributed by atoms with van der Waals surface area (Å²) >= 11 is 12.8. The molecule has 0 radical (unpaired) electrons. The molecular formula is C24H24Cl2O6. The minimum Gasteiger partial charge on any atom is -0.434 e. The molecule has 3 aromatic carbocycles. The van der Waals surface area contributed by atoms with Crippen molar-refractivity contribution in [2.45, 2.75) is 27.7 Å². The molecule has 0 aliphatic heterocycles. The van der Waals surface area contributed by atoms with Crippen LogP contribution in [0.2, 0.25) is 10.0 Å². The van der Waals surface area contributed by atoms with Gasteiger partial charge in [-0.25, -0.2) is 9.59 Å². The fourth-order valence-corrected chi connectivity index (χ4v) is 3.44. The van der Waals surface area contributed by atoms with Crippen LogP contribution in [0.1, 0.15) is 27.7 Å². The largest absolute Gasteiger partial charge is 0.513 e. The van der Waals surface area contributed by atoms with Gasteiger partial charge in [-0.3, -0.25) is 0 Å². The van der Waals surface area contributed by atoms with E-state index in [1.807, 2.05) is 27.7 Å². The molecule has 0 aromatic heterocycles. The quantitative estimate of drug-likeness (QED) is 0.206. The van der Waals surface area contributed by atoms with Gasteiger partial charge in [0, 0.05) is 21.5 Å². The van der Waals surface area contributed by atoms with Gasteiger partial charge in [-0.2, -0.15) is 0 Å². The van der Waals surface area contributed by atoms with Crippen LogP contribution in [0, 0.1) is 11.8 Å². The monoisotopic (exact) mass is 478 g/mol. The van der Waals surface area contributed by atoms with Crippen molar-refractivity contribution in [3.63, 3.8) is 0 Å². The first kappa shape index (κ1) is 24.0. The Morgan fingerprint density at radius 2 is 1.25 bits per heavy atom. The highest BCUT2D eigenvalue weighted by Gasteiger charge is 2.24. The number of fused-ring (bicyclic) bond motifs is 2. The zero-order valence-corrected chi connectivity index (χ0v) is 19.8. The average molecular weight is 479 g/mol.